The van der Waals surface area contributed by atoms with Gasteiger partial charge in [0.15, 0.2) is 0 Å². The van der Waals surface area contributed by atoms with Crippen molar-refractivity contribution in [3.63, 3.8) is 0 Å². The van der Waals surface area contributed by atoms with Gasteiger partial charge in [0.1, 0.15) is 0 Å². The van der Waals surface area contributed by atoms with Crippen molar-refractivity contribution in [2.45, 2.75) is 38.9 Å². The molecule has 1 aromatic carbocycles. The fraction of sp³-hybridized carbons (Fsp3) is 0.545. The lowest BCUT2D eigenvalue weighted by molar-refractivity contribution is 0.0372. The van der Waals surface area contributed by atoms with Crippen molar-refractivity contribution in [1.82, 2.24) is 20.0 Å². The Morgan fingerprint density at radius 1 is 1.29 bits per heavy atom. The molecule has 0 aliphatic carbocycles. The van der Waals surface area contributed by atoms with Gasteiger partial charge >= 0.3 is 0 Å². The summed E-state index contributed by atoms with van der Waals surface area (Å²) in [5.74, 6) is 0.531. The van der Waals surface area contributed by atoms with Crippen LogP contribution in [0.2, 0.25) is 0 Å². The van der Waals surface area contributed by atoms with Gasteiger partial charge in [0, 0.05) is 26.3 Å². The second-order valence-electron chi connectivity index (χ2n) is 7.79. The fourth-order valence-corrected chi connectivity index (χ4v) is 3.55. The minimum Gasteiger partial charge on any atom is -0.374 e. The normalized spacial score (nSPS) is 16.8. The summed E-state index contributed by atoms with van der Waals surface area (Å²) in [6.07, 6.45) is 6.93. The van der Waals surface area contributed by atoms with E-state index in [0.29, 0.717) is 18.1 Å². The van der Waals surface area contributed by atoms with Crippen LogP contribution in [0.5, 0.6) is 0 Å². The van der Waals surface area contributed by atoms with Crippen LogP contribution in [-0.2, 0) is 18.4 Å². The van der Waals surface area contributed by atoms with Gasteiger partial charge in [-0.15, -0.1) is 0 Å². The van der Waals surface area contributed by atoms with Gasteiger partial charge in [-0.2, -0.15) is 5.10 Å². The van der Waals surface area contributed by atoms with Gasteiger partial charge in [0.2, 0.25) is 0 Å². The molecule has 0 radical (unpaired) electrons. The molecular weight excluding hydrogens is 352 g/mol. The number of aromatic nitrogens is 2. The Bertz CT molecular complexity index is 723. The molecular formula is C22H32N4O2. The zero-order valence-corrected chi connectivity index (χ0v) is 17.0. The lowest BCUT2D eigenvalue weighted by atomic mass is 9.96. The molecule has 3 rings (SSSR count). The number of piperidine rings is 1. The molecule has 1 atom stereocenters. The highest BCUT2D eigenvalue weighted by atomic mass is 16.5. The summed E-state index contributed by atoms with van der Waals surface area (Å²) >= 11 is 0. The van der Waals surface area contributed by atoms with E-state index in [2.05, 4.69) is 34.4 Å². The number of rotatable bonds is 9. The van der Waals surface area contributed by atoms with Crippen molar-refractivity contribution in [3.05, 3.63) is 53.9 Å². The standard InChI is InChI=1S/C22H32N4O2/c1-18(28-17-20-6-4-3-5-7-20)8-11-26-12-9-19(10-13-26)14-23-22(27)21-15-24-25(2)16-21/h3-7,15-16,18-19H,8-14,17H2,1-2H3,(H,23,27)/t18-/m1/s1. The van der Waals surface area contributed by atoms with Crippen LogP contribution in [0.4, 0.5) is 0 Å². The predicted octanol–water partition coefficient (Wildman–Crippen LogP) is 2.86. The van der Waals surface area contributed by atoms with E-state index in [1.807, 2.05) is 25.2 Å². The molecule has 0 saturated carbocycles. The largest absolute Gasteiger partial charge is 0.374 e. The number of carbonyl (C=O) groups is 1. The first-order valence-electron chi connectivity index (χ1n) is 10.2. The highest BCUT2D eigenvalue weighted by Gasteiger charge is 2.20. The number of aryl methyl sites for hydroxylation is 1. The van der Waals surface area contributed by atoms with E-state index >= 15 is 0 Å². The van der Waals surface area contributed by atoms with Crippen LogP contribution in [-0.4, -0.2) is 52.9 Å². The first-order valence-corrected chi connectivity index (χ1v) is 10.2. The summed E-state index contributed by atoms with van der Waals surface area (Å²) in [6, 6.07) is 10.3. The molecule has 1 aromatic heterocycles. The Hall–Kier alpha value is -2.18. The molecule has 0 spiro atoms. The molecule has 6 nitrogen and oxygen atoms in total. The van der Waals surface area contributed by atoms with Crippen LogP contribution in [0.1, 0.15) is 42.1 Å². The van der Waals surface area contributed by atoms with Crippen molar-refractivity contribution >= 4 is 5.91 Å². The van der Waals surface area contributed by atoms with Crippen molar-refractivity contribution in [2.75, 3.05) is 26.2 Å². The molecule has 1 aliphatic heterocycles. The molecule has 2 aromatic rings. The number of amides is 1. The molecule has 6 heteroatoms. The number of ether oxygens (including phenoxy) is 1. The third-order valence-electron chi connectivity index (χ3n) is 5.45. The third-order valence-corrected chi connectivity index (χ3v) is 5.45. The predicted molar refractivity (Wildman–Crippen MR) is 110 cm³/mol. The molecule has 0 unspecified atom stereocenters. The van der Waals surface area contributed by atoms with Gasteiger partial charge in [-0.1, -0.05) is 30.3 Å². The molecule has 152 valence electrons. The number of nitrogens with one attached hydrogen (secondary N) is 1. The van der Waals surface area contributed by atoms with E-state index in [9.17, 15) is 4.79 Å². The maximum absolute atomic E-state index is 12.1. The Morgan fingerprint density at radius 3 is 2.71 bits per heavy atom. The fourth-order valence-electron chi connectivity index (χ4n) is 3.55. The highest BCUT2D eigenvalue weighted by molar-refractivity contribution is 5.93. The first kappa shape index (κ1) is 20.6. The Balaban J connectivity index is 1.28. The summed E-state index contributed by atoms with van der Waals surface area (Å²) in [6.45, 7) is 6.85. The van der Waals surface area contributed by atoms with E-state index in [-0.39, 0.29) is 12.0 Å². The Kier molecular flexibility index (Phi) is 7.62. The maximum Gasteiger partial charge on any atom is 0.254 e. The number of benzene rings is 1. The van der Waals surface area contributed by atoms with Crippen LogP contribution in [0.15, 0.2) is 42.7 Å². The van der Waals surface area contributed by atoms with Crippen LogP contribution in [0, 0.1) is 5.92 Å². The zero-order chi connectivity index (χ0) is 19.8. The molecule has 1 aliphatic rings. The SMILES string of the molecule is C[C@H](CCN1CCC(CNC(=O)c2cnn(C)c2)CC1)OCc1ccccc1. The minimum atomic E-state index is -0.0279. The summed E-state index contributed by atoms with van der Waals surface area (Å²) < 4.78 is 7.62. The number of carbonyl (C=O) groups excluding carboxylic acids is 1. The summed E-state index contributed by atoms with van der Waals surface area (Å²) in [5, 5.41) is 7.09. The average Bonchev–Trinajstić information content (AvgIpc) is 3.17. The van der Waals surface area contributed by atoms with Gasteiger partial charge in [-0.25, -0.2) is 0 Å². The summed E-state index contributed by atoms with van der Waals surface area (Å²) in [4.78, 5) is 14.6. The lowest BCUT2D eigenvalue weighted by Crippen LogP contribution is -2.39. The average molecular weight is 385 g/mol. The van der Waals surface area contributed by atoms with E-state index in [1.165, 1.54) is 5.56 Å². The smallest absolute Gasteiger partial charge is 0.254 e. The number of likely N-dealkylation sites (tertiary alicyclic amines) is 1. The first-order chi connectivity index (χ1) is 13.6. The van der Waals surface area contributed by atoms with Crippen molar-refractivity contribution in [3.8, 4) is 0 Å². The number of nitrogens with zero attached hydrogens (tertiary/aromatic N) is 3. The zero-order valence-electron chi connectivity index (χ0n) is 17.0. The minimum absolute atomic E-state index is 0.0279. The molecule has 0 bridgehead atoms. The molecule has 28 heavy (non-hydrogen) atoms. The molecule has 1 amide bonds. The summed E-state index contributed by atoms with van der Waals surface area (Å²) in [7, 11) is 1.82. The van der Waals surface area contributed by atoms with Crippen molar-refractivity contribution < 1.29 is 9.53 Å². The van der Waals surface area contributed by atoms with Gasteiger partial charge < -0.3 is 15.0 Å². The van der Waals surface area contributed by atoms with E-state index in [4.69, 9.17) is 4.74 Å². The number of hydrogen-bond donors (Lipinski definition) is 1. The monoisotopic (exact) mass is 384 g/mol. The molecule has 1 fully saturated rings. The number of hydrogen-bond acceptors (Lipinski definition) is 4. The molecule has 1 N–H and O–H groups in total. The quantitative estimate of drug-likeness (QED) is 0.722. The molecule has 1 saturated heterocycles. The van der Waals surface area contributed by atoms with E-state index in [0.717, 1.165) is 45.4 Å². The van der Waals surface area contributed by atoms with Crippen LogP contribution in [0.25, 0.3) is 0 Å². The van der Waals surface area contributed by atoms with Gasteiger partial charge in [0.25, 0.3) is 5.91 Å². The van der Waals surface area contributed by atoms with Crippen molar-refractivity contribution in [2.24, 2.45) is 13.0 Å². The summed E-state index contributed by atoms with van der Waals surface area (Å²) in [5.41, 5.74) is 1.85. The third kappa shape index (κ3) is 6.46. The van der Waals surface area contributed by atoms with Crippen LogP contribution in [0.3, 0.4) is 0 Å². The topological polar surface area (TPSA) is 59.4 Å². The Morgan fingerprint density at radius 2 is 2.04 bits per heavy atom. The maximum atomic E-state index is 12.1. The van der Waals surface area contributed by atoms with Crippen LogP contribution < -0.4 is 5.32 Å². The second kappa shape index (κ2) is 10.4. The van der Waals surface area contributed by atoms with Gasteiger partial charge in [0.05, 0.1) is 24.5 Å². The lowest BCUT2D eigenvalue weighted by Gasteiger charge is -2.32. The van der Waals surface area contributed by atoms with E-state index < -0.39 is 0 Å². The molecule has 2 heterocycles. The van der Waals surface area contributed by atoms with Gasteiger partial charge in [-0.3, -0.25) is 9.48 Å². The van der Waals surface area contributed by atoms with E-state index in [1.54, 1.807) is 17.1 Å². The van der Waals surface area contributed by atoms with Crippen LogP contribution >= 0.6 is 0 Å². The Labute approximate surface area is 167 Å². The van der Waals surface area contributed by atoms with Crippen molar-refractivity contribution in [1.29, 1.82) is 0 Å². The second-order valence-corrected chi connectivity index (χ2v) is 7.79. The van der Waals surface area contributed by atoms with Gasteiger partial charge in [-0.05, 0) is 50.8 Å². The highest BCUT2D eigenvalue weighted by Crippen LogP contribution is 2.17.